The van der Waals surface area contributed by atoms with Gasteiger partial charge in [0.05, 0.1) is 36.5 Å². The van der Waals surface area contributed by atoms with Crippen LogP contribution in [0.1, 0.15) is 77.6 Å². The van der Waals surface area contributed by atoms with E-state index in [0.717, 1.165) is 102 Å². The summed E-state index contributed by atoms with van der Waals surface area (Å²) in [7, 11) is 0. The maximum Gasteiger partial charge on any atom is 0.202 e. The lowest BCUT2D eigenvalue weighted by Gasteiger charge is -2.29. The number of ether oxygens (including phenoxy) is 8. The predicted molar refractivity (Wildman–Crippen MR) is 224 cm³/mol. The standard InChI is InChI=1S/C12H16O3.2C11H13ClO3.C11H13FO3/c1-9-3-2-8-14-12(9)15-11-6-4-10(13)5-7-11;12-9-7-8(4-5-10(9)13)15-11-3-1-2-6-14-11;12-9-7-8(13)4-5-10(9)15-11-3-1-2-6-14-11;12-9-7-8(4-5-10(9)13)15-11-3-1-2-6-14-11/h4-7,9,12-13H,2-3,8H2,1H3;3*4-5,7,11,13H,1-3,6H2. The van der Waals surface area contributed by atoms with E-state index in [2.05, 4.69) is 6.92 Å². The molecule has 12 nitrogen and oxygen atoms in total. The van der Waals surface area contributed by atoms with Crippen LogP contribution in [0.15, 0.2) is 78.9 Å². The molecule has 15 heteroatoms. The molecule has 5 atom stereocenters. The molecule has 4 aliphatic rings. The molecule has 60 heavy (non-hydrogen) atoms. The van der Waals surface area contributed by atoms with Gasteiger partial charge in [-0.3, -0.25) is 0 Å². The van der Waals surface area contributed by atoms with Crippen molar-refractivity contribution in [2.24, 2.45) is 5.92 Å². The minimum absolute atomic E-state index is 0.0635. The predicted octanol–water partition coefficient (Wildman–Crippen LogP) is 10.9. The first kappa shape index (κ1) is 46.7. The average molecular weight is 878 g/mol. The molecule has 4 fully saturated rings. The number of benzene rings is 4. The van der Waals surface area contributed by atoms with Crippen molar-refractivity contribution in [1.82, 2.24) is 0 Å². The third-order valence-electron chi connectivity index (χ3n) is 9.60. The first-order valence-electron chi connectivity index (χ1n) is 20.4. The molecule has 8 rings (SSSR count). The van der Waals surface area contributed by atoms with Crippen molar-refractivity contribution in [3.8, 4) is 46.0 Å². The van der Waals surface area contributed by atoms with E-state index >= 15 is 0 Å². The molecule has 0 radical (unpaired) electrons. The number of halogens is 3. The molecule has 4 N–H and O–H groups in total. The SMILES string of the molecule is CC1CCCOC1Oc1ccc(O)cc1.Oc1ccc(OC2CCCCO2)c(Cl)c1.Oc1ccc(OC2CCCCO2)cc1Cl.Oc1ccc(OC2CCCCO2)cc1F. The quantitative estimate of drug-likeness (QED) is 0.133. The average Bonchev–Trinajstić information content (AvgIpc) is 3.25. The zero-order chi connectivity index (χ0) is 42.7. The van der Waals surface area contributed by atoms with Gasteiger partial charge in [-0.1, -0.05) is 30.1 Å². The topological polar surface area (TPSA) is 155 Å². The van der Waals surface area contributed by atoms with Crippen LogP contribution in [-0.4, -0.2) is 72.0 Å². The summed E-state index contributed by atoms with van der Waals surface area (Å²) in [5, 5.41) is 37.2. The van der Waals surface area contributed by atoms with Gasteiger partial charge < -0.3 is 58.3 Å². The zero-order valence-electron chi connectivity index (χ0n) is 33.7. The highest BCUT2D eigenvalue weighted by molar-refractivity contribution is 6.32. The van der Waals surface area contributed by atoms with Crippen molar-refractivity contribution >= 4 is 23.2 Å². The van der Waals surface area contributed by atoms with Crippen molar-refractivity contribution in [3.05, 3.63) is 94.7 Å². The van der Waals surface area contributed by atoms with Gasteiger partial charge in [-0.2, -0.15) is 0 Å². The monoisotopic (exact) mass is 876 g/mol. The van der Waals surface area contributed by atoms with Crippen LogP contribution in [0.3, 0.4) is 0 Å². The molecule has 0 amide bonds. The maximum absolute atomic E-state index is 13.0. The van der Waals surface area contributed by atoms with Crippen molar-refractivity contribution in [2.75, 3.05) is 26.4 Å². The third kappa shape index (κ3) is 16.2. The Morgan fingerprint density at radius 3 is 1.53 bits per heavy atom. The van der Waals surface area contributed by atoms with Gasteiger partial charge in [0.1, 0.15) is 40.2 Å². The molecule has 0 aliphatic carbocycles. The van der Waals surface area contributed by atoms with E-state index in [9.17, 15) is 14.6 Å². The van der Waals surface area contributed by atoms with Gasteiger partial charge >= 0.3 is 0 Å². The zero-order valence-corrected chi connectivity index (χ0v) is 35.2. The Morgan fingerprint density at radius 2 is 1.02 bits per heavy atom. The summed E-state index contributed by atoms with van der Waals surface area (Å²) in [5.41, 5.74) is 0. The van der Waals surface area contributed by atoms with Gasteiger partial charge in [-0.15, -0.1) is 0 Å². The van der Waals surface area contributed by atoms with Gasteiger partial charge in [-0.25, -0.2) is 4.39 Å². The van der Waals surface area contributed by atoms with Gasteiger partial charge in [0, 0.05) is 43.4 Å². The highest BCUT2D eigenvalue weighted by atomic mass is 35.5. The van der Waals surface area contributed by atoms with Crippen molar-refractivity contribution in [2.45, 2.75) is 103 Å². The van der Waals surface area contributed by atoms with Gasteiger partial charge in [0.2, 0.25) is 6.29 Å². The van der Waals surface area contributed by atoms with E-state index in [1.54, 1.807) is 48.5 Å². The van der Waals surface area contributed by atoms with Gasteiger partial charge in [-0.05, 0) is 112 Å². The van der Waals surface area contributed by atoms with Gasteiger partial charge in [0.15, 0.2) is 30.4 Å². The van der Waals surface area contributed by atoms with Crippen LogP contribution in [0.4, 0.5) is 4.39 Å². The molecule has 0 saturated carbocycles. The molecule has 0 bridgehead atoms. The number of rotatable bonds is 8. The molecule has 4 saturated heterocycles. The van der Waals surface area contributed by atoms with Crippen LogP contribution in [0.25, 0.3) is 0 Å². The fourth-order valence-electron chi connectivity index (χ4n) is 6.28. The smallest absolute Gasteiger partial charge is 0.202 e. The van der Waals surface area contributed by atoms with E-state index in [0.29, 0.717) is 39.8 Å². The first-order valence-corrected chi connectivity index (χ1v) is 21.2. The number of aromatic hydroxyl groups is 4. The Kier molecular flexibility index (Phi) is 19.3. The number of hydrogen-bond donors (Lipinski definition) is 4. The summed E-state index contributed by atoms with van der Waals surface area (Å²) in [5.74, 6) is 2.14. The lowest BCUT2D eigenvalue weighted by Crippen LogP contribution is -2.32. The summed E-state index contributed by atoms with van der Waals surface area (Å²) in [6, 6.07) is 20.1. The summed E-state index contributed by atoms with van der Waals surface area (Å²) >= 11 is 11.7. The molecule has 4 aromatic rings. The molecule has 4 aromatic carbocycles. The molecular formula is C45H55Cl2FO12. The number of phenolic OH excluding ortho intramolecular Hbond substituents is 4. The maximum atomic E-state index is 13.0. The van der Waals surface area contributed by atoms with Crippen LogP contribution in [0.5, 0.6) is 46.0 Å². The van der Waals surface area contributed by atoms with Crippen LogP contribution < -0.4 is 18.9 Å². The second kappa shape index (κ2) is 24.8. The second-order valence-electron chi connectivity index (χ2n) is 14.6. The van der Waals surface area contributed by atoms with Crippen LogP contribution in [-0.2, 0) is 18.9 Å². The summed E-state index contributed by atoms with van der Waals surface area (Å²) in [6.07, 6.45) is 10.6. The molecule has 0 aromatic heterocycles. The number of hydrogen-bond acceptors (Lipinski definition) is 12. The van der Waals surface area contributed by atoms with Crippen LogP contribution in [0, 0.1) is 11.7 Å². The lowest BCUT2D eigenvalue weighted by atomic mass is 10.0. The largest absolute Gasteiger partial charge is 0.508 e. The minimum Gasteiger partial charge on any atom is -0.508 e. The van der Waals surface area contributed by atoms with E-state index in [1.807, 2.05) is 0 Å². The Labute approximate surface area is 360 Å². The first-order chi connectivity index (χ1) is 29.0. The molecule has 0 spiro atoms. The highest BCUT2D eigenvalue weighted by Crippen LogP contribution is 2.32. The van der Waals surface area contributed by atoms with Crippen molar-refractivity contribution in [3.63, 3.8) is 0 Å². The fourth-order valence-corrected chi connectivity index (χ4v) is 6.67. The highest BCUT2D eigenvalue weighted by Gasteiger charge is 2.24. The summed E-state index contributed by atoms with van der Waals surface area (Å²) in [6.45, 7) is 5.07. The minimum atomic E-state index is -0.677. The van der Waals surface area contributed by atoms with Crippen molar-refractivity contribution in [1.29, 1.82) is 0 Å². The van der Waals surface area contributed by atoms with Crippen LogP contribution in [0.2, 0.25) is 10.0 Å². The molecule has 5 unspecified atom stereocenters. The lowest BCUT2D eigenvalue weighted by molar-refractivity contribution is -0.136. The van der Waals surface area contributed by atoms with E-state index in [-0.39, 0.29) is 48.2 Å². The normalized spacial score (nSPS) is 22.5. The Hall–Kier alpha value is -4.37. The molecule has 328 valence electrons. The van der Waals surface area contributed by atoms with Crippen molar-refractivity contribution < 1.29 is 62.7 Å². The Bertz CT molecular complexity index is 1780. The Morgan fingerprint density at radius 1 is 0.500 bits per heavy atom. The number of phenols is 4. The van der Waals surface area contributed by atoms with E-state index < -0.39 is 5.82 Å². The fraction of sp³-hybridized carbons (Fsp3) is 0.467. The summed E-state index contributed by atoms with van der Waals surface area (Å²) < 4.78 is 57.0. The van der Waals surface area contributed by atoms with Gasteiger partial charge in [0.25, 0.3) is 0 Å². The molecule has 4 heterocycles. The molecule has 4 aliphatic heterocycles. The second-order valence-corrected chi connectivity index (χ2v) is 15.4. The summed E-state index contributed by atoms with van der Waals surface area (Å²) in [4.78, 5) is 0. The van der Waals surface area contributed by atoms with E-state index in [4.69, 9.17) is 71.3 Å². The van der Waals surface area contributed by atoms with E-state index in [1.165, 1.54) is 24.3 Å². The Balaban J connectivity index is 0.000000152. The third-order valence-corrected chi connectivity index (χ3v) is 10.2. The van der Waals surface area contributed by atoms with Crippen LogP contribution >= 0.6 is 23.2 Å². The molecular weight excluding hydrogens is 822 g/mol.